The Morgan fingerprint density at radius 3 is 2.45 bits per heavy atom. The molecule has 1 aromatic rings. The number of rotatable bonds is 2. The Morgan fingerprint density at radius 2 is 1.85 bits per heavy atom. The molecule has 6 nitrogen and oxygen atoms in total. The number of carboxylic acid groups (broad SMARTS) is 1. The zero-order valence-electron chi connectivity index (χ0n) is 10.9. The van der Waals surface area contributed by atoms with Crippen LogP contribution in [0.1, 0.15) is 18.4 Å². The minimum Gasteiger partial charge on any atom is -0.480 e. The third-order valence-electron chi connectivity index (χ3n) is 3.88. The maximum atomic E-state index is 12.4. The van der Waals surface area contributed by atoms with E-state index in [9.17, 15) is 14.4 Å². The quantitative estimate of drug-likeness (QED) is 0.826. The second-order valence-electron chi connectivity index (χ2n) is 5.15. The van der Waals surface area contributed by atoms with Gasteiger partial charge in [-0.2, -0.15) is 0 Å². The SMILES string of the molecule is Cc1ccc(N2C(=O)[C@@H]3CC[C@@H](C(=O)O)N3C2=O)cc1. The number of fused-ring (bicyclic) bond motifs is 1. The first-order valence-corrected chi connectivity index (χ1v) is 6.46. The monoisotopic (exact) mass is 274 g/mol. The number of carbonyl (C=O) groups is 3. The summed E-state index contributed by atoms with van der Waals surface area (Å²) in [6.07, 6.45) is 0.739. The van der Waals surface area contributed by atoms with Gasteiger partial charge in [0.2, 0.25) is 0 Å². The number of imide groups is 1. The van der Waals surface area contributed by atoms with Crippen LogP contribution in [0.3, 0.4) is 0 Å². The molecule has 2 fully saturated rings. The molecule has 0 unspecified atom stereocenters. The van der Waals surface area contributed by atoms with Crippen LogP contribution in [0.5, 0.6) is 0 Å². The lowest BCUT2D eigenvalue weighted by Crippen LogP contribution is -2.42. The molecule has 3 rings (SSSR count). The molecule has 20 heavy (non-hydrogen) atoms. The molecule has 0 bridgehead atoms. The lowest BCUT2D eigenvalue weighted by atomic mass is 10.1. The zero-order chi connectivity index (χ0) is 14.4. The average Bonchev–Trinajstić information content (AvgIpc) is 2.94. The van der Waals surface area contributed by atoms with E-state index in [-0.39, 0.29) is 5.91 Å². The number of nitrogens with zero attached hydrogens (tertiary/aromatic N) is 2. The molecule has 2 atom stereocenters. The molecule has 3 amide bonds. The molecule has 2 aliphatic heterocycles. The van der Waals surface area contributed by atoms with Crippen molar-refractivity contribution >= 4 is 23.6 Å². The van der Waals surface area contributed by atoms with E-state index in [0.717, 1.165) is 10.5 Å². The van der Waals surface area contributed by atoms with E-state index in [1.165, 1.54) is 4.90 Å². The number of benzene rings is 1. The second kappa shape index (κ2) is 4.33. The number of hydrogen-bond acceptors (Lipinski definition) is 3. The van der Waals surface area contributed by atoms with Crippen molar-refractivity contribution in [2.45, 2.75) is 31.8 Å². The van der Waals surface area contributed by atoms with E-state index in [1.807, 2.05) is 19.1 Å². The Bertz CT molecular complexity index is 596. The van der Waals surface area contributed by atoms with Gasteiger partial charge in [-0.3, -0.25) is 9.69 Å². The molecule has 0 aliphatic carbocycles. The van der Waals surface area contributed by atoms with Crippen molar-refractivity contribution in [2.75, 3.05) is 4.90 Å². The number of aryl methyl sites for hydroxylation is 1. The fraction of sp³-hybridized carbons (Fsp3) is 0.357. The highest BCUT2D eigenvalue weighted by Gasteiger charge is 2.54. The number of urea groups is 1. The van der Waals surface area contributed by atoms with Crippen molar-refractivity contribution in [2.24, 2.45) is 0 Å². The predicted octanol–water partition coefficient (Wildman–Crippen LogP) is 1.38. The molecule has 2 aliphatic rings. The molecule has 0 aromatic heterocycles. The molecule has 1 N–H and O–H groups in total. The molecular weight excluding hydrogens is 260 g/mol. The molecule has 0 spiro atoms. The summed E-state index contributed by atoms with van der Waals surface area (Å²) < 4.78 is 0. The van der Waals surface area contributed by atoms with Crippen LogP contribution < -0.4 is 4.90 Å². The van der Waals surface area contributed by atoms with Crippen molar-refractivity contribution in [3.63, 3.8) is 0 Å². The van der Waals surface area contributed by atoms with Gasteiger partial charge in [0, 0.05) is 0 Å². The smallest absolute Gasteiger partial charge is 0.332 e. The maximum absolute atomic E-state index is 12.4. The minimum absolute atomic E-state index is 0.331. The van der Waals surface area contributed by atoms with Gasteiger partial charge in [-0.1, -0.05) is 17.7 Å². The standard InChI is InChI=1S/C14H14N2O4/c1-8-2-4-9(5-3-8)15-12(17)10-6-7-11(13(18)19)16(10)14(15)20/h2-5,10-11H,6-7H2,1H3,(H,18,19)/t10-,11-/m0/s1. The Kier molecular flexibility index (Phi) is 2.74. The van der Waals surface area contributed by atoms with Gasteiger partial charge in [0.05, 0.1) is 5.69 Å². The summed E-state index contributed by atoms with van der Waals surface area (Å²) in [5.41, 5.74) is 1.51. The van der Waals surface area contributed by atoms with Crippen LogP contribution in [0.15, 0.2) is 24.3 Å². The van der Waals surface area contributed by atoms with E-state index in [0.29, 0.717) is 18.5 Å². The van der Waals surface area contributed by atoms with Crippen LogP contribution in [-0.2, 0) is 9.59 Å². The Balaban J connectivity index is 1.96. The van der Waals surface area contributed by atoms with E-state index >= 15 is 0 Å². The van der Waals surface area contributed by atoms with Crippen LogP contribution >= 0.6 is 0 Å². The Labute approximate surface area is 115 Å². The lowest BCUT2D eigenvalue weighted by Gasteiger charge is -2.20. The number of hydrogen-bond donors (Lipinski definition) is 1. The molecular formula is C14H14N2O4. The van der Waals surface area contributed by atoms with Crippen molar-refractivity contribution in [3.8, 4) is 0 Å². The predicted molar refractivity (Wildman–Crippen MR) is 70.3 cm³/mol. The maximum Gasteiger partial charge on any atom is 0.332 e. The molecule has 0 radical (unpaired) electrons. The largest absolute Gasteiger partial charge is 0.480 e. The fourth-order valence-electron chi connectivity index (χ4n) is 2.85. The van der Waals surface area contributed by atoms with E-state index in [4.69, 9.17) is 5.11 Å². The summed E-state index contributed by atoms with van der Waals surface area (Å²) in [5, 5.41) is 9.13. The van der Waals surface area contributed by atoms with Crippen molar-refractivity contribution in [3.05, 3.63) is 29.8 Å². The number of aliphatic carboxylic acids is 1. The normalized spacial score (nSPS) is 25.2. The first-order valence-electron chi connectivity index (χ1n) is 6.46. The molecule has 0 saturated carbocycles. The third-order valence-corrected chi connectivity index (χ3v) is 3.88. The lowest BCUT2D eigenvalue weighted by molar-refractivity contribution is -0.141. The third kappa shape index (κ3) is 1.68. The van der Waals surface area contributed by atoms with Gasteiger partial charge in [0.1, 0.15) is 12.1 Å². The second-order valence-corrected chi connectivity index (χ2v) is 5.15. The summed E-state index contributed by atoms with van der Waals surface area (Å²) in [5.74, 6) is -1.39. The van der Waals surface area contributed by atoms with Crippen molar-refractivity contribution in [1.29, 1.82) is 0 Å². The Hall–Kier alpha value is -2.37. The van der Waals surface area contributed by atoms with Crippen molar-refractivity contribution in [1.82, 2.24) is 4.90 Å². The first kappa shape index (κ1) is 12.7. The molecule has 104 valence electrons. The average molecular weight is 274 g/mol. The summed E-state index contributed by atoms with van der Waals surface area (Å²) in [4.78, 5) is 38.1. The number of amides is 3. The highest BCUT2D eigenvalue weighted by Crippen LogP contribution is 2.35. The fourth-order valence-corrected chi connectivity index (χ4v) is 2.85. The van der Waals surface area contributed by atoms with Crippen LogP contribution in [0, 0.1) is 6.92 Å². The minimum atomic E-state index is -1.06. The van der Waals surface area contributed by atoms with Gasteiger partial charge < -0.3 is 5.11 Å². The highest BCUT2D eigenvalue weighted by molar-refractivity contribution is 6.22. The van der Waals surface area contributed by atoms with Crippen LogP contribution in [0.25, 0.3) is 0 Å². The van der Waals surface area contributed by atoms with Gasteiger partial charge in [-0.05, 0) is 31.9 Å². The number of carboxylic acids is 1. The number of anilines is 1. The van der Waals surface area contributed by atoms with E-state index in [1.54, 1.807) is 12.1 Å². The van der Waals surface area contributed by atoms with E-state index in [2.05, 4.69) is 0 Å². The van der Waals surface area contributed by atoms with E-state index < -0.39 is 24.1 Å². The highest BCUT2D eigenvalue weighted by atomic mass is 16.4. The molecule has 6 heteroatoms. The summed E-state index contributed by atoms with van der Waals surface area (Å²) in [6.45, 7) is 1.91. The summed E-state index contributed by atoms with van der Waals surface area (Å²) in [6, 6.07) is 4.96. The van der Waals surface area contributed by atoms with Gasteiger partial charge in [0.25, 0.3) is 5.91 Å². The van der Waals surface area contributed by atoms with Crippen LogP contribution in [0.2, 0.25) is 0 Å². The van der Waals surface area contributed by atoms with Gasteiger partial charge >= 0.3 is 12.0 Å². The summed E-state index contributed by atoms with van der Waals surface area (Å²) in [7, 11) is 0. The number of carbonyl (C=O) groups excluding carboxylic acids is 2. The summed E-state index contributed by atoms with van der Waals surface area (Å²) >= 11 is 0. The topological polar surface area (TPSA) is 77.9 Å². The molecule has 2 heterocycles. The van der Waals surface area contributed by atoms with Gasteiger partial charge in [0.15, 0.2) is 0 Å². The zero-order valence-corrected chi connectivity index (χ0v) is 10.9. The molecule has 1 aromatic carbocycles. The van der Waals surface area contributed by atoms with Crippen molar-refractivity contribution < 1.29 is 19.5 Å². The van der Waals surface area contributed by atoms with Gasteiger partial charge in [-0.15, -0.1) is 0 Å². The van der Waals surface area contributed by atoms with Crippen LogP contribution in [-0.4, -0.2) is 40.0 Å². The first-order chi connectivity index (χ1) is 9.50. The molecule has 2 saturated heterocycles. The van der Waals surface area contributed by atoms with Gasteiger partial charge in [-0.25, -0.2) is 14.5 Å². The Morgan fingerprint density at radius 1 is 1.20 bits per heavy atom. The van der Waals surface area contributed by atoms with Crippen LogP contribution in [0.4, 0.5) is 10.5 Å².